The van der Waals surface area contributed by atoms with E-state index in [2.05, 4.69) is 9.88 Å². The summed E-state index contributed by atoms with van der Waals surface area (Å²) in [4.78, 5) is 21.8. The van der Waals surface area contributed by atoms with Crippen molar-refractivity contribution in [1.82, 2.24) is 14.8 Å². The standard InChI is InChI=1S/C16H17ClFN3O2S/c1-10-19-8-12(24-10)9-20-2-4-21(5-3-20)16(23)13-6-11(18)7-14(17)15(13)22/h6-8,22H,2-5,9H2,1H3. The fourth-order valence-corrected chi connectivity index (χ4v) is 3.75. The molecule has 3 rings (SSSR count). The normalized spacial score (nSPS) is 15.7. The number of thiazole rings is 1. The number of aromatic hydroxyl groups is 1. The van der Waals surface area contributed by atoms with Gasteiger partial charge in [-0.25, -0.2) is 9.37 Å². The Morgan fingerprint density at radius 1 is 1.38 bits per heavy atom. The van der Waals surface area contributed by atoms with E-state index in [9.17, 15) is 14.3 Å². The van der Waals surface area contributed by atoms with Gasteiger partial charge in [0.2, 0.25) is 0 Å². The minimum Gasteiger partial charge on any atom is -0.506 e. The van der Waals surface area contributed by atoms with Crippen molar-refractivity contribution in [3.63, 3.8) is 0 Å². The molecule has 2 aromatic rings. The average molecular weight is 370 g/mol. The molecule has 0 radical (unpaired) electrons. The molecule has 1 aromatic carbocycles. The highest BCUT2D eigenvalue weighted by Crippen LogP contribution is 2.29. The summed E-state index contributed by atoms with van der Waals surface area (Å²) < 4.78 is 13.5. The minimum absolute atomic E-state index is 0.0912. The zero-order valence-electron chi connectivity index (χ0n) is 13.1. The first kappa shape index (κ1) is 17.1. The number of carbonyl (C=O) groups is 1. The van der Waals surface area contributed by atoms with Crippen molar-refractivity contribution in [2.75, 3.05) is 26.2 Å². The summed E-state index contributed by atoms with van der Waals surface area (Å²) in [7, 11) is 0. The number of carbonyl (C=O) groups excluding carboxylic acids is 1. The zero-order chi connectivity index (χ0) is 17.3. The van der Waals surface area contributed by atoms with Crippen LogP contribution in [0.1, 0.15) is 20.2 Å². The fraction of sp³-hybridized carbons (Fsp3) is 0.375. The van der Waals surface area contributed by atoms with Gasteiger partial charge in [0.15, 0.2) is 0 Å². The third-order valence-corrected chi connectivity index (χ3v) is 5.15. The first-order chi connectivity index (χ1) is 11.4. The zero-order valence-corrected chi connectivity index (χ0v) is 14.7. The molecule has 128 valence electrons. The Labute approximate surface area is 148 Å². The van der Waals surface area contributed by atoms with Gasteiger partial charge in [-0.15, -0.1) is 11.3 Å². The third kappa shape index (κ3) is 3.68. The number of hydrogen-bond acceptors (Lipinski definition) is 5. The van der Waals surface area contributed by atoms with Crippen LogP contribution < -0.4 is 0 Å². The van der Waals surface area contributed by atoms with Crippen molar-refractivity contribution in [2.24, 2.45) is 0 Å². The highest BCUT2D eigenvalue weighted by molar-refractivity contribution is 7.11. The lowest BCUT2D eigenvalue weighted by Gasteiger charge is -2.34. The van der Waals surface area contributed by atoms with Crippen LogP contribution in [0.3, 0.4) is 0 Å². The maximum atomic E-state index is 13.5. The second-order valence-corrected chi connectivity index (χ2v) is 7.42. The van der Waals surface area contributed by atoms with Crippen LogP contribution in [0.4, 0.5) is 4.39 Å². The van der Waals surface area contributed by atoms with Gasteiger partial charge in [0.1, 0.15) is 11.6 Å². The largest absolute Gasteiger partial charge is 0.506 e. The Morgan fingerprint density at radius 2 is 2.08 bits per heavy atom. The van der Waals surface area contributed by atoms with Gasteiger partial charge in [0.25, 0.3) is 5.91 Å². The number of benzene rings is 1. The summed E-state index contributed by atoms with van der Waals surface area (Å²) >= 11 is 7.41. The molecule has 1 N–H and O–H groups in total. The van der Waals surface area contributed by atoms with Gasteiger partial charge in [0, 0.05) is 43.8 Å². The number of nitrogens with zero attached hydrogens (tertiary/aromatic N) is 3. The third-order valence-electron chi connectivity index (χ3n) is 3.97. The molecule has 1 amide bonds. The number of aromatic nitrogens is 1. The van der Waals surface area contributed by atoms with Gasteiger partial charge < -0.3 is 10.0 Å². The lowest BCUT2D eigenvalue weighted by Crippen LogP contribution is -2.48. The maximum Gasteiger partial charge on any atom is 0.257 e. The maximum absolute atomic E-state index is 13.5. The molecule has 0 spiro atoms. The van der Waals surface area contributed by atoms with Crippen LogP contribution in [-0.4, -0.2) is 52.0 Å². The first-order valence-corrected chi connectivity index (χ1v) is 8.74. The van der Waals surface area contributed by atoms with Crippen molar-refractivity contribution in [3.8, 4) is 5.75 Å². The predicted molar refractivity (Wildman–Crippen MR) is 91.1 cm³/mol. The Kier molecular flexibility index (Phi) is 5.03. The molecular formula is C16H17ClFN3O2S. The molecule has 0 unspecified atom stereocenters. The van der Waals surface area contributed by atoms with E-state index in [0.29, 0.717) is 26.2 Å². The molecule has 2 heterocycles. The van der Waals surface area contributed by atoms with Crippen molar-refractivity contribution in [1.29, 1.82) is 0 Å². The number of piperazine rings is 1. The smallest absolute Gasteiger partial charge is 0.257 e. The topological polar surface area (TPSA) is 56.7 Å². The van der Waals surface area contributed by atoms with Crippen LogP contribution in [0.25, 0.3) is 0 Å². The molecular weight excluding hydrogens is 353 g/mol. The van der Waals surface area contributed by atoms with Gasteiger partial charge in [-0.05, 0) is 19.1 Å². The summed E-state index contributed by atoms with van der Waals surface area (Å²) in [6.45, 7) is 5.25. The number of halogens is 2. The predicted octanol–water partition coefficient (Wildman–Crippen LogP) is 2.91. The molecule has 1 aliphatic heterocycles. The van der Waals surface area contributed by atoms with E-state index in [-0.39, 0.29) is 16.3 Å². The van der Waals surface area contributed by atoms with Gasteiger partial charge in [-0.3, -0.25) is 9.69 Å². The van der Waals surface area contributed by atoms with E-state index in [1.165, 1.54) is 4.88 Å². The molecule has 5 nitrogen and oxygen atoms in total. The van der Waals surface area contributed by atoms with Crippen molar-refractivity contribution in [3.05, 3.63) is 44.6 Å². The Hall–Kier alpha value is -1.70. The molecule has 1 aromatic heterocycles. The fourth-order valence-electron chi connectivity index (χ4n) is 2.71. The number of phenols is 1. The lowest BCUT2D eigenvalue weighted by molar-refractivity contribution is 0.0626. The summed E-state index contributed by atoms with van der Waals surface area (Å²) in [6, 6.07) is 2.01. The SMILES string of the molecule is Cc1ncc(CN2CCN(C(=O)c3cc(F)cc(Cl)c3O)CC2)s1. The molecule has 1 saturated heterocycles. The van der Waals surface area contributed by atoms with E-state index in [1.54, 1.807) is 16.2 Å². The second kappa shape index (κ2) is 7.04. The summed E-state index contributed by atoms with van der Waals surface area (Å²) in [5, 5.41) is 10.8. The van der Waals surface area contributed by atoms with E-state index < -0.39 is 11.7 Å². The van der Waals surface area contributed by atoms with Crippen LogP contribution in [0.2, 0.25) is 5.02 Å². The van der Waals surface area contributed by atoms with Gasteiger partial charge in [-0.1, -0.05) is 11.6 Å². The van der Waals surface area contributed by atoms with E-state index in [1.807, 2.05) is 13.1 Å². The highest BCUT2D eigenvalue weighted by Gasteiger charge is 2.25. The number of aryl methyl sites for hydroxylation is 1. The monoisotopic (exact) mass is 369 g/mol. The summed E-state index contributed by atoms with van der Waals surface area (Å²) in [5.74, 6) is -1.41. The van der Waals surface area contributed by atoms with Crippen LogP contribution in [0.15, 0.2) is 18.3 Å². The molecule has 1 aliphatic rings. The minimum atomic E-state index is -0.639. The van der Waals surface area contributed by atoms with Crippen molar-refractivity contribution < 1.29 is 14.3 Å². The summed E-state index contributed by atoms with van der Waals surface area (Å²) in [5.41, 5.74) is -0.0912. The Bertz CT molecular complexity index is 760. The van der Waals surface area contributed by atoms with Crippen LogP contribution in [0.5, 0.6) is 5.75 Å². The van der Waals surface area contributed by atoms with E-state index >= 15 is 0 Å². The molecule has 24 heavy (non-hydrogen) atoms. The number of rotatable bonds is 3. The van der Waals surface area contributed by atoms with Crippen LogP contribution in [0, 0.1) is 12.7 Å². The van der Waals surface area contributed by atoms with E-state index in [0.717, 1.165) is 23.7 Å². The first-order valence-electron chi connectivity index (χ1n) is 7.55. The number of amides is 1. The average Bonchev–Trinajstić information content (AvgIpc) is 2.96. The quantitative estimate of drug-likeness (QED) is 0.903. The lowest BCUT2D eigenvalue weighted by atomic mass is 10.1. The molecule has 0 aliphatic carbocycles. The molecule has 0 saturated carbocycles. The summed E-state index contributed by atoms with van der Waals surface area (Å²) in [6.07, 6.45) is 1.88. The van der Waals surface area contributed by atoms with Crippen LogP contribution in [-0.2, 0) is 6.54 Å². The van der Waals surface area contributed by atoms with Crippen molar-refractivity contribution >= 4 is 28.8 Å². The van der Waals surface area contributed by atoms with Gasteiger partial charge >= 0.3 is 0 Å². The van der Waals surface area contributed by atoms with Gasteiger partial charge in [-0.2, -0.15) is 0 Å². The second-order valence-electron chi connectivity index (χ2n) is 5.70. The number of hydrogen-bond donors (Lipinski definition) is 1. The number of phenolic OH excluding ortho intramolecular Hbond substituents is 1. The molecule has 8 heteroatoms. The molecule has 0 atom stereocenters. The van der Waals surface area contributed by atoms with Crippen molar-refractivity contribution in [2.45, 2.75) is 13.5 Å². The van der Waals surface area contributed by atoms with E-state index in [4.69, 9.17) is 11.6 Å². The van der Waals surface area contributed by atoms with Crippen LogP contribution >= 0.6 is 22.9 Å². The Balaban J connectivity index is 1.63. The molecule has 1 fully saturated rings. The highest BCUT2D eigenvalue weighted by atomic mass is 35.5. The molecule has 0 bridgehead atoms. The Morgan fingerprint density at radius 3 is 2.71 bits per heavy atom. The van der Waals surface area contributed by atoms with Gasteiger partial charge in [0.05, 0.1) is 15.6 Å².